The van der Waals surface area contributed by atoms with E-state index in [9.17, 15) is 31.1 Å². The van der Waals surface area contributed by atoms with Crippen LogP contribution in [0.2, 0.25) is 0 Å². The minimum Gasteiger partial charge on any atom is -0.497 e. The second-order valence-corrected chi connectivity index (χ2v) is 6.06. The van der Waals surface area contributed by atoms with Gasteiger partial charge in [-0.05, 0) is 42.5 Å². The van der Waals surface area contributed by atoms with Crippen molar-refractivity contribution in [3.63, 3.8) is 0 Å². The van der Waals surface area contributed by atoms with Crippen LogP contribution in [0.5, 0.6) is 5.75 Å². The molecule has 0 radical (unpaired) electrons. The Morgan fingerprint density at radius 3 is 2.20 bits per heavy atom. The molecular weight excluding hydrogens is 416 g/mol. The summed E-state index contributed by atoms with van der Waals surface area (Å²) in [6, 6.07) is 10.9. The molecule has 158 valence electrons. The Bertz CT molecular complexity index is 1060. The summed E-state index contributed by atoms with van der Waals surface area (Å²) >= 11 is 0. The Hall–Kier alpha value is -3.50. The van der Waals surface area contributed by atoms with Crippen LogP contribution in [0.15, 0.2) is 54.6 Å². The van der Waals surface area contributed by atoms with Gasteiger partial charge in [0.1, 0.15) is 11.4 Å². The van der Waals surface area contributed by atoms with Gasteiger partial charge in [-0.2, -0.15) is 31.4 Å². The first-order valence-corrected chi connectivity index (χ1v) is 8.29. The van der Waals surface area contributed by atoms with Crippen LogP contribution >= 0.6 is 0 Å². The molecular formula is C19H13F6N3O2. The maximum absolute atomic E-state index is 13.1. The Kier molecular flexibility index (Phi) is 5.47. The summed E-state index contributed by atoms with van der Waals surface area (Å²) in [6.45, 7) is 0. The van der Waals surface area contributed by atoms with Gasteiger partial charge in [0.25, 0.3) is 5.91 Å². The summed E-state index contributed by atoms with van der Waals surface area (Å²) < 4.78 is 83.0. The van der Waals surface area contributed by atoms with E-state index < -0.39 is 29.6 Å². The zero-order valence-electron chi connectivity index (χ0n) is 15.2. The molecule has 0 bridgehead atoms. The Morgan fingerprint density at radius 2 is 1.63 bits per heavy atom. The molecule has 11 heteroatoms. The van der Waals surface area contributed by atoms with Gasteiger partial charge in [-0.1, -0.05) is 6.07 Å². The van der Waals surface area contributed by atoms with Crippen molar-refractivity contribution < 1.29 is 35.9 Å². The molecule has 1 N–H and O–H groups in total. The molecule has 0 atom stereocenters. The van der Waals surface area contributed by atoms with E-state index in [1.807, 2.05) is 0 Å². The summed E-state index contributed by atoms with van der Waals surface area (Å²) in [5, 5.41) is 5.58. The van der Waals surface area contributed by atoms with E-state index in [0.717, 1.165) is 12.1 Å². The first-order valence-electron chi connectivity index (χ1n) is 8.29. The highest BCUT2D eigenvalue weighted by molar-refractivity contribution is 6.04. The maximum atomic E-state index is 13.1. The van der Waals surface area contributed by atoms with Gasteiger partial charge in [-0.25, -0.2) is 4.68 Å². The average Bonchev–Trinajstić information content (AvgIpc) is 3.15. The van der Waals surface area contributed by atoms with Crippen LogP contribution in [0, 0.1) is 0 Å². The number of benzene rings is 2. The second-order valence-electron chi connectivity index (χ2n) is 6.06. The zero-order chi connectivity index (χ0) is 22.1. The Morgan fingerprint density at radius 1 is 0.967 bits per heavy atom. The fraction of sp³-hybridized carbons (Fsp3) is 0.158. The SMILES string of the molecule is COc1cccc(C(=O)Nc2ccc(-n3nc(C(F)(F)F)cc3C(F)(F)F)cc2)c1. The molecule has 0 aliphatic carbocycles. The number of amides is 1. The number of carbonyl (C=O) groups is 1. The number of nitrogens with one attached hydrogen (secondary N) is 1. The third kappa shape index (κ3) is 4.56. The van der Waals surface area contributed by atoms with Gasteiger partial charge in [0.15, 0.2) is 5.69 Å². The molecule has 3 aromatic rings. The summed E-state index contributed by atoms with van der Waals surface area (Å²) in [4.78, 5) is 12.3. The number of halogens is 6. The lowest BCUT2D eigenvalue weighted by atomic mass is 10.2. The van der Waals surface area contributed by atoms with Crippen molar-refractivity contribution in [2.24, 2.45) is 0 Å². The highest BCUT2D eigenvalue weighted by Crippen LogP contribution is 2.36. The van der Waals surface area contributed by atoms with Crippen LogP contribution in [-0.2, 0) is 12.4 Å². The number of ether oxygens (including phenoxy) is 1. The Balaban J connectivity index is 1.87. The number of alkyl halides is 6. The van der Waals surface area contributed by atoms with Crippen molar-refractivity contribution in [2.75, 3.05) is 12.4 Å². The van der Waals surface area contributed by atoms with Crippen LogP contribution in [0.4, 0.5) is 32.0 Å². The van der Waals surface area contributed by atoms with E-state index in [4.69, 9.17) is 4.74 Å². The molecule has 1 amide bonds. The van der Waals surface area contributed by atoms with E-state index in [-0.39, 0.29) is 27.7 Å². The summed E-state index contributed by atoms with van der Waals surface area (Å²) in [5.41, 5.74) is -2.98. The molecule has 1 heterocycles. The molecule has 0 saturated carbocycles. The van der Waals surface area contributed by atoms with Crippen LogP contribution in [-0.4, -0.2) is 22.8 Å². The van der Waals surface area contributed by atoms with Crippen molar-refractivity contribution in [3.05, 3.63) is 71.5 Å². The Labute approximate surface area is 165 Å². The summed E-state index contributed by atoms with van der Waals surface area (Å²) in [7, 11) is 1.43. The van der Waals surface area contributed by atoms with Crippen LogP contribution in [0.1, 0.15) is 21.7 Å². The molecule has 0 spiro atoms. The molecule has 0 fully saturated rings. The van der Waals surface area contributed by atoms with Gasteiger partial charge in [0.05, 0.1) is 12.8 Å². The van der Waals surface area contributed by atoms with E-state index in [1.54, 1.807) is 12.1 Å². The standard InChI is InChI=1S/C19H13F6N3O2/c1-30-14-4-2-3-11(9-14)17(29)26-12-5-7-13(8-6-12)28-16(19(23,24)25)10-15(27-28)18(20,21)22/h2-10H,1H3,(H,26,29). The lowest BCUT2D eigenvalue weighted by Crippen LogP contribution is -2.14. The van der Waals surface area contributed by atoms with Crippen molar-refractivity contribution in [1.29, 1.82) is 0 Å². The smallest absolute Gasteiger partial charge is 0.435 e. The minimum absolute atomic E-state index is 0.0571. The quantitative estimate of drug-likeness (QED) is 0.583. The fourth-order valence-corrected chi connectivity index (χ4v) is 2.57. The number of carbonyl (C=O) groups excluding carboxylic acids is 1. The first-order chi connectivity index (χ1) is 14.0. The molecule has 0 unspecified atom stereocenters. The van der Waals surface area contributed by atoms with Gasteiger partial charge < -0.3 is 10.1 Å². The van der Waals surface area contributed by atoms with Crippen LogP contribution in [0.25, 0.3) is 5.69 Å². The summed E-state index contributed by atoms with van der Waals surface area (Å²) in [6.07, 6.45) is -10.1. The van der Waals surface area contributed by atoms with Gasteiger partial charge in [-0.3, -0.25) is 4.79 Å². The zero-order valence-corrected chi connectivity index (χ0v) is 15.2. The van der Waals surface area contributed by atoms with E-state index in [1.165, 1.54) is 31.4 Å². The van der Waals surface area contributed by atoms with Crippen molar-refractivity contribution in [2.45, 2.75) is 12.4 Å². The highest BCUT2D eigenvalue weighted by atomic mass is 19.4. The highest BCUT2D eigenvalue weighted by Gasteiger charge is 2.42. The number of hydrogen-bond donors (Lipinski definition) is 1. The van der Waals surface area contributed by atoms with Crippen molar-refractivity contribution in [3.8, 4) is 11.4 Å². The predicted molar refractivity (Wildman–Crippen MR) is 94.5 cm³/mol. The summed E-state index contributed by atoms with van der Waals surface area (Å²) in [5.74, 6) is -0.0482. The predicted octanol–water partition coefficient (Wildman–Crippen LogP) is 5.17. The third-order valence-corrected chi connectivity index (χ3v) is 3.99. The molecule has 2 aromatic carbocycles. The van der Waals surface area contributed by atoms with Crippen LogP contribution in [0.3, 0.4) is 0 Å². The van der Waals surface area contributed by atoms with Crippen LogP contribution < -0.4 is 10.1 Å². The van der Waals surface area contributed by atoms with Gasteiger partial charge >= 0.3 is 12.4 Å². The topological polar surface area (TPSA) is 56.1 Å². The van der Waals surface area contributed by atoms with Crippen molar-refractivity contribution in [1.82, 2.24) is 9.78 Å². The van der Waals surface area contributed by atoms with Gasteiger partial charge in [0.2, 0.25) is 0 Å². The monoisotopic (exact) mass is 429 g/mol. The number of methoxy groups -OCH3 is 1. The first kappa shape index (κ1) is 21.2. The normalized spacial score (nSPS) is 12.0. The molecule has 3 rings (SSSR count). The molecule has 1 aromatic heterocycles. The largest absolute Gasteiger partial charge is 0.497 e. The molecule has 5 nitrogen and oxygen atoms in total. The number of rotatable bonds is 4. The molecule has 0 aliphatic rings. The lowest BCUT2D eigenvalue weighted by molar-refractivity contribution is -0.143. The van der Waals surface area contributed by atoms with Gasteiger partial charge in [-0.15, -0.1) is 0 Å². The van der Waals surface area contributed by atoms with E-state index in [0.29, 0.717) is 5.75 Å². The third-order valence-electron chi connectivity index (χ3n) is 3.99. The number of anilines is 1. The molecule has 0 aliphatic heterocycles. The van der Waals surface area contributed by atoms with Gasteiger partial charge in [0, 0.05) is 17.3 Å². The van der Waals surface area contributed by atoms with E-state index in [2.05, 4.69) is 10.4 Å². The number of hydrogen-bond acceptors (Lipinski definition) is 3. The average molecular weight is 429 g/mol. The maximum Gasteiger partial charge on any atom is 0.435 e. The second kappa shape index (κ2) is 7.73. The van der Waals surface area contributed by atoms with Crippen molar-refractivity contribution >= 4 is 11.6 Å². The minimum atomic E-state index is -5.05. The lowest BCUT2D eigenvalue weighted by Gasteiger charge is -2.11. The number of nitrogens with zero attached hydrogens (tertiary/aromatic N) is 2. The fourth-order valence-electron chi connectivity index (χ4n) is 2.57. The molecule has 0 saturated heterocycles. The number of aromatic nitrogens is 2. The van der Waals surface area contributed by atoms with E-state index >= 15 is 0 Å². The molecule has 30 heavy (non-hydrogen) atoms.